The fourth-order valence-electron chi connectivity index (χ4n) is 2.07. The van der Waals surface area contributed by atoms with Crippen LogP contribution in [0, 0.1) is 0 Å². The molecule has 1 atom stereocenters. The minimum atomic E-state index is -0.483. The molecule has 4 N–H and O–H groups in total. The van der Waals surface area contributed by atoms with Crippen molar-refractivity contribution in [1.82, 2.24) is 9.97 Å². The van der Waals surface area contributed by atoms with Crippen LogP contribution in [0.2, 0.25) is 0 Å². The Kier molecular flexibility index (Phi) is 3.19. The van der Waals surface area contributed by atoms with Gasteiger partial charge in [0.25, 0.3) is 0 Å². The monoisotopic (exact) mass is 290 g/mol. The average molecular weight is 290 g/mol. The Morgan fingerprint density at radius 2 is 2.40 bits per heavy atom. The van der Waals surface area contributed by atoms with Gasteiger partial charge in [-0.15, -0.1) is 11.3 Å². The third kappa shape index (κ3) is 2.27. The number of rotatable bonds is 4. The molecule has 1 unspecified atom stereocenters. The second kappa shape index (κ2) is 5.01. The van der Waals surface area contributed by atoms with Crippen LogP contribution in [0.5, 0.6) is 0 Å². The van der Waals surface area contributed by atoms with Gasteiger partial charge >= 0.3 is 5.76 Å². The second-order valence-corrected chi connectivity index (χ2v) is 5.35. The summed E-state index contributed by atoms with van der Waals surface area (Å²) in [7, 11) is 0. The van der Waals surface area contributed by atoms with Crippen LogP contribution in [0.4, 0.5) is 11.4 Å². The third-order valence-corrected chi connectivity index (χ3v) is 3.97. The molecule has 0 aliphatic rings. The molecule has 0 fully saturated rings. The number of hydrogen-bond donors (Lipinski definition) is 3. The predicted octanol–water partition coefficient (Wildman–Crippen LogP) is 2.72. The predicted molar refractivity (Wildman–Crippen MR) is 80.0 cm³/mol. The van der Waals surface area contributed by atoms with Crippen LogP contribution in [-0.2, 0) is 0 Å². The Labute approximate surface area is 118 Å². The van der Waals surface area contributed by atoms with Crippen LogP contribution in [0.25, 0.3) is 11.1 Å². The molecule has 1 aromatic carbocycles. The van der Waals surface area contributed by atoms with Gasteiger partial charge in [0.1, 0.15) is 5.01 Å². The van der Waals surface area contributed by atoms with Gasteiger partial charge < -0.3 is 15.5 Å². The summed E-state index contributed by atoms with van der Waals surface area (Å²) in [5.74, 6) is -0.483. The molecule has 0 aliphatic carbocycles. The minimum absolute atomic E-state index is 0.0911. The van der Waals surface area contributed by atoms with Gasteiger partial charge in [0.15, 0.2) is 5.58 Å². The van der Waals surface area contributed by atoms with Crippen LogP contribution < -0.4 is 16.8 Å². The van der Waals surface area contributed by atoms with Gasteiger partial charge in [-0.1, -0.05) is 6.92 Å². The number of aromatic nitrogens is 2. The van der Waals surface area contributed by atoms with Crippen LogP contribution in [-0.4, -0.2) is 9.97 Å². The fourth-order valence-corrected chi connectivity index (χ4v) is 2.84. The van der Waals surface area contributed by atoms with E-state index < -0.39 is 5.76 Å². The number of anilines is 2. The highest BCUT2D eigenvalue weighted by Gasteiger charge is 2.14. The Morgan fingerprint density at radius 3 is 3.10 bits per heavy atom. The summed E-state index contributed by atoms with van der Waals surface area (Å²) < 4.78 is 4.98. The molecule has 0 bridgehead atoms. The lowest BCUT2D eigenvalue weighted by atomic mass is 10.2. The number of oxazole rings is 1. The Bertz CT molecular complexity index is 775. The van der Waals surface area contributed by atoms with E-state index in [1.807, 2.05) is 5.38 Å². The molecule has 7 heteroatoms. The van der Waals surface area contributed by atoms with Crippen molar-refractivity contribution in [2.24, 2.45) is 0 Å². The van der Waals surface area contributed by atoms with E-state index in [0.717, 1.165) is 17.1 Å². The van der Waals surface area contributed by atoms with E-state index in [1.54, 1.807) is 29.7 Å². The summed E-state index contributed by atoms with van der Waals surface area (Å²) in [5, 5.41) is 6.31. The first kappa shape index (κ1) is 12.7. The van der Waals surface area contributed by atoms with Crippen molar-refractivity contribution in [1.29, 1.82) is 0 Å². The largest absolute Gasteiger partial charge is 0.417 e. The van der Waals surface area contributed by atoms with Crippen molar-refractivity contribution in [3.8, 4) is 0 Å². The first-order valence-electron chi connectivity index (χ1n) is 6.25. The number of aromatic amines is 1. The smallest absolute Gasteiger partial charge is 0.408 e. The molecule has 0 aliphatic heterocycles. The second-order valence-electron chi connectivity index (χ2n) is 4.43. The van der Waals surface area contributed by atoms with Gasteiger partial charge in [0.05, 0.1) is 22.9 Å². The van der Waals surface area contributed by atoms with Crippen molar-refractivity contribution in [3.05, 3.63) is 39.3 Å². The number of nitrogens with two attached hydrogens (primary N) is 1. The van der Waals surface area contributed by atoms with Crippen molar-refractivity contribution >= 4 is 33.8 Å². The molecular formula is C13H14N4O2S. The number of nitrogens with zero attached hydrogens (tertiary/aromatic N) is 1. The lowest BCUT2D eigenvalue weighted by Gasteiger charge is -2.17. The highest BCUT2D eigenvalue weighted by Crippen LogP contribution is 2.30. The molecule has 2 heterocycles. The highest BCUT2D eigenvalue weighted by atomic mass is 32.1. The molecule has 0 amide bonds. The molecule has 0 radical (unpaired) electrons. The molecule has 2 aromatic heterocycles. The lowest BCUT2D eigenvalue weighted by molar-refractivity contribution is 0.555. The fraction of sp³-hybridized carbons (Fsp3) is 0.231. The first-order valence-corrected chi connectivity index (χ1v) is 7.13. The third-order valence-electron chi connectivity index (χ3n) is 3.08. The summed E-state index contributed by atoms with van der Waals surface area (Å²) >= 11 is 1.60. The number of hydrogen-bond acceptors (Lipinski definition) is 6. The molecule has 20 heavy (non-hydrogen) atoms. The SMILES string of the molecule is CCC(Nc1cc2[nH]c(=O)oc2cc1N)c1nccs1. The zero-order chi connectivity index (χ0) is 14.1. The van der Waals surface area contributed by atoms with E-state index in [2.05, 4.69) is 22.2 Å². The topological polar surface area (TPSA) is 96.9 Å². The standard InChI is InChI=1S/C13H14N4O2S/c1-2-8(12-15-3-4-20-12)16-9-6-10-11(5-7(9)14)19-13(18)17-10/h3-6,8,16H,2,14H2,1H3,(H,17,18). The van der Waals surface area contributed by atoms with Crippen molar-refractivity contribution < 1.29 is 4.42 Å². The van der Waals surface area contributed by atoms with E-state index >= 15 is 0 Å². The average Bonchev–Trinajstić information content (AvgIpc) is 3.04. The molecule has 6 nitrogen and oxygen atoms in total. The van der Waals surface area contributed by atoms with Gasteiger partial charge in [-0.3, -0.25) is 4.98 Å². The molecular weight excluding hydrogens is 276 g/mol. The maximum Gasteiger partial charge on any atom is 0.417 e. The van der Waals surface area contributed by atoms with Gasteiger partial charge in [-0.05, 0) is 12.5 Å². The normalized spacial score (nSPS) is 12.7. The first-order chi connectivity index (χ1) is 9.67. The van der Waals surface area contributed by atoms with E-state index in [9.17, 15) is 4.79 Å². The maximum absolute atomic E-state index is 11.2. The quantitative estimate of drug-likeness (QED) is 0.642. The maximum atomic E-state index is 11.2. The Morgan fingerprint density at radius 1 is 1.55 bits per heavy atom. The van der Waals surface area contributed by atoms with Crippen LogP contribution >= 0.6 is 11.3 Å². The number of benzene rings is 1. The van der Waals surface area contributed by atoms with E-state index in [4.69, 9.17) is 10.2 Å². The van der Waals surface area contributed by atoms with Crippen LogP contribution in [0.3, 0.4) is 0 Å². The Hall–Kier alpha value is -2.28. The summed E-state index contributed by atoms with van der Waals surface area (Å²) in [6.07, 6.45) is 2.66. The minimum Gasteiger partial charge on any atom is -0.408 e. The van der Waals surface area contributed by atoms with Crippen molar-refractivity contribution in [2.75, 3.05) is 11.1 Å². The lowest BCUT2D eigenvalue weighted by Crippen LogP contribution is -2.10. The molecule has 0 saturated carbocycles. The van der Waals surface area contributed by atoms with Crippen LogP contribution in [0.1, 0.15) is 24.4 Å². The van der Waals surface area contributed by atoms with Crippen LogP contribution in [0.15, 0.2) is 32.9 Å². The van der Waals surface area contributed by atoms with E-state index in [0.29, 0.717) is 16.8 Å². The van der Waals surface area contributed by atoms with Crippen molar-refractivity contribution in [2.45, 2.75) is 19.4 Å². The van der Waals surface area contributed by atoms with Gasteiger partial charge in [0, 0.05) is 17.6 Å². The highest BCUT2D eigenvalue weighted by molar-refractivity contribution is 7.09. The zero-order valence-corrected chi connectivity index (χ0v) is 11.7. The number of nitrogens with one attached hydrogen (secondary N) is 2. The number of fused-ring (bicyclic) bond motifs is 1. The van der Waals surface area contributed by atoms with Gasteiger partial charge in [0.2, 0.25) is 0 Å². The van der Waals surface area contributed by atoms with Crippen molar-refractivity contribution in [3.63, 3.8) is 0 Å². The van der Waals surface area contributed by atoms with Gasteiger partial charge in [-0.2, -0.15) is 0 Å². The summed E-state index contributed by atoms with van der Waals surface area (Å²) in [6.45, 7) is 2.08. The molecule has 0 spiro atoms. The van der Waals surface area contributed by atoms with E-state index in [-0.39, 0.29) is 6.04 Å². The number of thiazole rings is 1. The number of H-pyrrole nitrogens is 1. The summed E-state index contributed by atoms with van der Waals surface area (Å²) in [6, 6.07) is 3.52. The Balaban J connectivity index is 1.97. The molecule has 3 aromatic rings. The number of nitrogen functional groups attached to an aromatic ring is 1. The molecule has 104 valence electrons. The molecule has 3 rings (SSSR count). The zero-order valence-electron chi connectivity index (χ0n) is 10.8. The summed E-state index contributed by atoms with van der Waals surface area (Å²) in [4.78, 5) is 18.1. The molecule has 0 saturated heterocycles. The van der Waals surface area contributed by atoms with Gasteiger partial charge in [-0.25, -0.2) is 9.78 Å². The summed E-state index contributed by atoms with van der Waals surface area (Å²) in [5.41, 5.74) is 8.38. The van der Waals surface area contributed by atoms with E-state index in [1.165, 1.54) is 0 Å².